The molecule has 0 amide bonds. The summed E-state index contributed by atoms with van der Waals surface area (Å²) < 4.78 is 85.0. The Labute approximate surface area is 234 Å². The van der Waals surface area contributed by atoms with Gasteiger partial charge >= 0.3 is 12.4 Å². The lowest BCUT2D eigenvalue weighted by molar-refractivity contribution is -0.161. The summed E-state index contributed by atoms with van der Waals surface area (Å²) in [5.74, 6) is 0. The van der Waals surface area contributed by atoms with Gasteiger partial charge in [0.1, 0.15) is 0 Å². The maximum atomic E-state index is 14.2. The van der Waals surface area contributed by atoms with Crippen molar-refractivity contribution in [2.45, 2.75) is 114 Å². The molecule has 0 bridgehead atoms. The van der Waals surface area contributed by atoms with Gasteiger partial charge < -0.3 is 0 Å². The SMILES string of the molecule is CC#N.CCC(CCc1c(C2(C(F)(F)F)CC2)cccc1C1(C(F)(F)F)CC1)N(CCc1ccccc1)C(C)C. The van der Waals surface area contributed by atoms with Gasteiger partial charge in [-0.3, -0.25) is 4.90 Å². The Kier molecular flexibility index (Phi) is 10.0. The fraction of sp³-hybridized carbons (Fsp3) is 0.594. The van der Waals surface area contributed by atoms with Crippen LogP contribution in [0, 0.1) is 11.3 Å². The van der Waals surface area contributed by atoms with Crippen LogP contribution in [0.2, 0.25) is 0 Å². The highest BCUT2D eigenvalue weighted by Gasteiger charge is 2.67. The van der Waals surface area contributed by atoms with Crippen LogP contribution in [0.25, 0.3) is 0 Å². The average Bonchev–Trinajstić information content (AvgIpc) is 3.80. The highest BCUT2D eigenvalue weighted by molar-refractivity contribution is 5.50. The van der Waals surface area contributed by atoms with E-state index < -0.39 is 23.2 Å². The van der Waals surface area contributed by atoms with Crippen LogP contribution < -0.4 is 0 Å². The molecular weight excluding hydrogens is 526 g/mol. The van der Waals surface area contributed by atoms with Gasteiger partial charge in [0, 0.05) is 25.6 Å². The number of hydrogen-bond donors (Lipinski definition) is 0. The minimum Gasteiger partial charge on any atom is -0.298 e. The smallest absolute Gasteiger partial charge is 0.298 e. The lowest BCUT2D eigenvalue weighted by Gasteiger charge is -2.36. The average molecular weight is 567 g/mol. The number of halogens is 6. The molecule has 2 fully saturated rings. The summed E-state index contributed by atoms with van der Waals surface area (Å²) in [4.78, 5) is 2.35. The van der Waals surface area contributed by atoms with Crippen molar-refractivity contribution in [1.29, 1.82) is 5.26 Å². The number of alkyl halides is 6. The molecule has 2 saturated carbocycles. The van der Waals surface area contributed by atoms with Crippen molar-refractivity contribution in [2.75, 3.05) is 6.54 Å². The van der Waals surface area contributed by atoms with Crippen molar-refractivity contribution in [3.63, 3.8) is 0 Å². The zero-order chi connectivity index (χ0) is 29.8. The number of nitriles is 1. The molecule has 1 atom stereocenters. The molecule has 220 valence electrons. The van der Waals surface area contributed by atoms with Crippen molar-refractivity contribution in [1.82, 2.24) is 4.90 Å². The van der Waals surface area contributed by atoms with Gasteiger partial charge in [-0.1, -0.05) is 55.5 Å². The predicted octanol–water partition coefficient (Wildman–Crippen LogP) is 9.07. The van der Waals surface area contributed by atoms with Crippen molar-refractivity contribution < 1.29 is 26.3 Å². The highest BCUT2D eigenvalue weighted by Crippen LogP contribution is 2.64. The Balaban J connectivity index is 0.00000141. The maximum absolute atomic E-state index is 14.2. The maximum Gasteiger partial charge on any atom is 0.398 e. The highest BCUT2D eigenvalue weighted by atomic mass is 19.4. The van der Waals surface area contributed by atoms with Crippen molar-refractivity contribution in [3.8, 4) is 6.07 Å². The van der Waals surface area contributed by atoms with Crippen LogP contribution in [0.3, 0.4) is 0 Å². The molecule has 4 rings (SSSR count). The third-order valence-electron chi connectivity index (χ3n) is 8.63. The van der Waals surface area contributed by atoms with Crippen LogP contribution in [0.15, 0.2) is 48.5 Å². The summed E-state index contributed by atoms with van der Waals surface area (Å²) in [7, 11) is 0. The zero-order valence-corrected chi connectivity index (χ0v) is 23.8. The molecule has 0 aliphatic heterocycles. The fourth-order valence-electron chi connectivity index (χ4n) is 6.09. The van der Waals surface area contributed by atoms with Crippen LogP contribution in [0.4, 0.5) is 26.3 Å². The molecule has 8 heteroatoms. The van der Waals surface area contributed by atoms with E-state index in [2.05, 4.69) is 30.9 Å². The monoisotopic (exact) mass is 566 g/mol. The Morgan fingerprint density at radius 3 is 1.68 bits per heavy atom. The summed E-state index contributed by atoms with van der Waals surface area (Å²) >= 11 is 0. The van der Waals surface area contributed by atoms with Gasteiger partial charge in [0.25, 0.3) is 0 Å². The van der Waals surface area contributed by atoms with Gasteiger partial charge in [0.05, 0.1) is 16.9 Å². The molecule has 0 N–H and O–H groups in total. The molecule has 2 aliphatic rings. The molecule has 2 aliphatic carbocycles. The van der Waals surface area contributed by atoms with Gasteiger partial charge in [-0.05, 0) is 87.5 Å². The van der Waals surface area contributed by atoms with Crippen LogP contribution >= 0.6 is 0 Å². The lowest BCUT2D eigenvalue weighted by Crippen LogP contribution is -2.42. The topological polar surface area (TPSA) is 27.0 Å². The van der Waals surface area contributed by atoms with Gasteiger partial charge in [-0.25, -0.2) is 0 Å². The molecule has 0 spiro atoms. The first-order valence-corrected chi connectivity index (χ1v) is 14.1. The Morgan fingerprint density at radius 2 is 1.30 bits per heavy atom. The normalized spacial score (nSPS) is 18.1. The summed E-state index contributed by atoms with van der Waals surface area (Å²) in [6.07, 6.45) is -6.82. The van der Waals surface area contributed by atoms with E-state index in [1.165, 1.54) is 30.7 Å². The first-order valence-electron chi connectivity index (χ1n) is 14.1. The third kappa shape index (κ3) is 6.67. The van der Waals surface area contributed by atoms with Crippen molar-refractivity contribution in [2.24, 2.45) is 0 Å². The van der Waals surface area contributed by atoms with Gasteiger partial charge in [0.15, 0.2) is 0 Å². The molecule has 2 nitrogen and oxygen atoms in total. The molecule has 40 heavy (non-hydrogen) atoms. The largest absolute Gasteiger partial charge is 0.398 e. The fourth-order valence-corrected chi connectivity index (χ4v) is 6.09. The van der Waals surface area contributed by atoms with Gasteiger partial charge in [-0.15, -0.1) is 0 Å². The van der Waals surface area contributed by atoms with E-state index in [0.29, 0.717) is 6.42 Å². The quantitative estimate of drug-likeness (QED) is 0.254. The summed E-state index contributed by atoms with van der Waals surface area (Å²) in [5.41, 5.74) is -2.37. The number of nitrogens with zero attached hydrogens (tertiary/aromatic N) is 2. The van der Waals surface area contributed by atoms with Crippen LogP contribution in [-0.4, -0.2) is 35.9 Å². The number of rotatable bonds is 11. The Morgan fingerprint density at radius 1 is 0.825 bits per heavy atom. The molecular formula is C32H40F6N2. The molecule has 1 unspecified atom stereocenters. The van der Waals surface area contributed by atoms with E-state index in [0.717, 1.165) is 19.4 Å². The third-order valence-corrected chi connectivity index (χ3v) is 8.63. The Hall–Kier alpha value is -2.53. The first kappa shape index (κ1) is 32.0. The van der Waals surface area contributed by atoms with E-state index in [9.17, 15) is 26.3 Å². The van der Waals surface area contributed by atoms with E-state index in [-0.39, 0.29) is 60.9 Å². The molecule has 2 aromatic carbocycles. The lowest BCUT2D eigenvalue weighted by atomic mass is 9.80. The minimum absolute atomic E-state index is 0.0572. The van der Waals surface area contributed by atoms with E-state index >= 15 is 0 Å². The second-order valence-electron chi connectivity index (χ2n) is 11.4. The molecule has 0 saturated heterocycles. The van der Waals surface area contributed by atoms with Crippen molar-refractivity contribution in [3.05, 3.63) is 70.8 Å². The molecule has 2 aromatic rings. The van der Waals surface area contributed by atoms with E-state index in [1.54, 1.807) is 6.07 Å². The number of benzene rings is 2. The van der Waals surface area contributed by atoms with Crippen LogP contribution in [0.1, 0.15) is 88.5 Å². The van der Waals surface area contributed by atoms with E-state index in [4.69, 9.17) is 5.26 Å². The second kappa shape index (κ2) is 12.5. The van der Waals surface area contributed by atoms with E-state index in [1.807, 2.05) is 25.1 Å². The van der Waals surface area contributed by atoms with Crippen LogP contribution in [0.5, 0.6) is 0 Å². The zero-order valence-electron chi connectivity index (χ0n) is 23.8. The van der Waals surface area contributed by atoms with Gasteiger partial charge in [-0.2, -0.15) is 31.6 Å². The Bertz CT molecular complexity index is 1090. The standard InChI is InChI=1S/C30H37F6N.C2H3N/c1-4-23(37(21(2)3)20-15-22-9-6-5-7-10-22)13-14-24-25(27(16-17-27)29(31,32)33)11-8-12-26(24)28(18-19-28)30(34,35)36;1-2-3/h5-12,21,23H,4,13-20H2,1-3H3;1H3. The number of hydrogen-bond acceptors (Lipinski definition) is 2. The van der Waals surface area contributed by atoms with Gasteiger partial charge in [0.2, 0.25) is 0 Å². The summed E-state index contributed by atoms with van der Waals surface area (Å²) in [6, 6.07) is 16.4. The minimum atomic E-state index is -4.47. The van der Waals surface area contributed by atoms with Crippen molar-refractivity contribution >= 4 is 0 Å². The first-order chi connectivity index (χ1) is 18.8. The molecule has 0 aromatic heterocycles. The molecule has 0 radical (unpaired) electrons. The van der Waals surface area contributed by atoms with Crippen LogP contribution in [-0.2, 0) is 23.7 Å². The molecule has 0 heterocycles. The summed E-state index contributed by atoms with van der Waals surface area (Å²) in [6.45, 7) is 8.46. The summed E-state index contributed by atoms with van der Waals surface area (Å²) in [5, 5.41) is 7.32. The predicted molar refractivity (Wildman–Crippen MR) is 146 cm³/mol. The second-order valence-corrected chi connectivity index (χ2v) is 11.4.